The van der Waals surface area contributed by atoms with Gasteiger partial charge in [-0.25, -0.2) is 4.98 Å². The van der Waals surface area contributed by atoms with Crippen molar-refractivity contribution in [3.63, 3.8) is 0 Å². The fraction of sp³-hybridized carbons (Fsp3) is 0.412. The fourth-order valence-corrected chi connectivity index (χ4v) is 3.49. The molecule has 0 spiro atoms. The van der Waals surface area contributed by atoms with Crippen LogP contribution in [0.5, 0.6) is 0 Å². The highest BCUT2D eigenvalue weighted by Crippen LogP contribution is 2.24. The summed E-state index contributed by atoms with van der Waals surface area (Å²) in [5, 5.41) is 7.33. The molecule has 1 N–H and O–H groups in total. The van der Waals surface area contributed by atoms with E-state index in [-0.39, 0.29) is 0 Å². The maximum atomic E-state index is 5.41. The molecule has 3 aromatic heterocycles. The Labute approximate surface area is 151 Å². The molecular formula is C17H21N7S. The Morgan fingerprint density at radius 3 is 2.84 bits per heavy atom. The van der Waals surface area contributed by atoms with Gasteiger partial charge in [0.25, 0.3) is 0 Å². The molecule has 3 aromatic rings. The normalized spacial score (nSPS) is 14.3. The van der Waals surface area contributed by atoms with E-state index >= 15 is 0 Å². The topological polar surface area (TPSA) is 67.6 Å². The van der Waals surface area contributed by atoms with Crippen molar-refractivity contribution in [2.24, 2.45) is 0 Å². The lowest BCUT2D eigenvalue weighted by molar-refractivity contribution is 0.561. The lowest BCUT2D eigenvalue weighted by atomic mass is 10.2. The zero-order valence-corrected chi connectivity index (χ0v) is 14.8. The number of aryl methyl sites for hydroxylation is 1. The molecule has 130 valence electrons. The van der Waals surface area contributed by atoms with E-state index in [2.05, 4.69) is 41.8 Å². The van der Waals surface area contributed by atoms with Crippen molar-refractivity contribution in [3.8, 4) is 11.5 Å². The zero-order chi connectivity index (χ0) is 17.1. The van der Waals surface area contributed by atoms with Gasteiger partial charge in [-0.3, -0.25) is 14.6 Å². The number of hydrogen-bond acceptors (Lipinski definition) is 5. The van der Waals surface area contributed by atoms with E-state index in [1.54, 1.807) is 6.20 Å². The number of pyridine rings is 1. The van der Waals surface area contributed by atoms with Crippen LogP contribution in [-0.2, 0) is 13.1 Å². The van der Waals surface area contributed by atoms with Crippen LogP contribution in [0.2, 0.25) is 0 Å². The van der Waals surface area contributed by atoms with Crippen molar-refractivity contribution in [1.82, 2.24) is 29.3 Å². The lowest BCUT2D eigenvalue weighted by Crippen LogP contribution is -2.17. The Morgan fingerprint density at radius 2 is 2.04 bits per heavy atom. The predicted octanol–water partition coefficient (Wildman–Crippen LogP) is 2.89. The molecule has 1 aliphatic rings. The lowest BCUT2D eigenvalue weighted by Gasteiger charge is -2.17. The maximum absolute atomic E-state index is 5.41. The average Bonchev–Trinajstić information content (AvgIpc) is 3.38. The summed E-state index contributed by atoms with van der Waals surface area (Å²) in [6.07, 6.45) is 10.9. The molecule has 0 aromatic carbocycles. The molecule has 0 aliphatic carbocycles. The molecule has 4 rings (SSSR count). The Kier molecular flexibility index (Phi) is 4.60. The van der Waals surface area contributed by atoms with Crippen molar-refractivity contribution in [1.29, 1.82) is 0 Å². The van der Waals surface area contributed by atoms with Crippen LogP contribution in [0, 0.1) is 4.77 Å². The van der Waals surface area contributed by atoms with E-state index in [9.17, 15) is 0 Å². The van der Waals surface area contributed by atoms with Gasteiger partial charge in [0.15, 0.2) is 10.6 Å². The number of imidazole rings is 1. The van der Waals surface area contributed by atoms with Crippen molar-refractivity contribution in [3.05, 3.63) is 41.8 Å². The summed E-state index contributed by atoms with van der Waals surface area (Å²) in [5.41, 5.74) is 2.07. The van der Waals surface area contributed by atoms with Crippen LogP contribution in [0.3, 0.4) is 0 Å². The minimum absolute atomic E-state index is 0.633. The Hall–Kier alpha value is -2.48. The summed E-state index contributed by atoms with van der Waals surface area (Å²) in [5.74, 6) is 0.802. The van der Waals surface area contributed by atoms with Gasteiger partial charge in [0.1, 0.15) is 5.69 Å². The van der Waals surface area contributed by atoms with Crippen LogP contribution in [0.4, 0.5) is 5.69 Å². The molecule has 1 aliphatic heterocycles. The van der Waals surface area contributed by atoms with Crippen LogP contribution in [-0.4, -0.2) is 42.4 Å². The first-order chi connectivity index (χ1) is 12.3. The predicted molar refractivity (Wildman–Crippen MR) is 98.9 cm³/mol. The number of nitrogens with zero attached hydrogens (tertiary/aromatic N) is 6. The van der Waals surface area contributed by atoms with E-state index in [4.69, 9.17) is 12.2 Å². The largest absolute Gasteiger partial charge is 0.371 e. The van der Waals surface area contributed by atoms with E-state index in [1.807, 2.05) is 23.3 Å². The van der Waals surface area contributed by atoms with Crippen LogP contribution >= 0.6 is 12.2 Å². The number of H-pyrrole nitrogens is 1. The number of anilines is 1. The first kappa shape index (κ1) is 16.0. The maximum Gasteiger partial charge on any atom is 0.195 e. The first-order valence-corrected chi connectivity index (χ1v) is 9.04. The Morgan fingerprint density at radius 1 is 1.16 bits per heavy atom. The van der Waals surface area contributed by atoms with Crippen LogP contribution in [0.1, 0.15) is 19.3 Å². The summed E-state index contributed by atoms with van der Waals surface area (Å²) >= 11 is 5.41. The third-order valence-corrected chi connectivity index (χ3v) is 4.87. The second-order valence-corrected chi connectivity index (χ2v) is 6.64. The summed E-state index contributed by atoms with van der Waals surface area (Å²) in [4.78, 5) is 11.0. The molecule has 7 nitrogen and oxygen atoms in total. The molecule has 8 heteroatoms. The molecule has 25 heavy (non-hydrogen) atoms. The molecule has 0 saturated carbocycles. The fourth-order valence-electron chi connectivity index (χ4n) is 3.26. The van der Waals surface area contributed by atoms with E-state index < -0.39 is 0 Å². The van der Waals surface area contributed by atoms with E-state index in [0.717, 1.165) is 44.1 Å². The highest BCUT2D eigenvalue weighted by atomic mass is 32.1. The van der Waals surface area contributed by atoms with Crippen LogP contribution < -0.4 is 4.90 Å². The molecular weight excluding hydrogens is 334 g/mol. The Bertz CT molecular complexity index is 875. The number of hydrogen-bond donors (Lipinski definition) is 1. The number of rotatable bonds is 6. The molecule has 0 unspecified atom stereocenters. The van der Waals surface area contributed by atoms with Crippen molar-refractivity contribution >= 4 is 17.9 Å². The summed E-state index contributed by atoms with van der Waals surface area (Å²) in [7, 11) is 0. The zero-order valence-electron chi connectivity index (χ0n) is 14.0. The molecule has 0 radical (unpaired) electrons. The number of aromatic amines is 1. The first-order valence-electron chi connectivity index (χ1n) is 8.63. The summed E-state index contributed by atoms with van der Waals surface area (Å²) in [6, 6.07) is 4.18. The molecule has 0 bridgehead atoms. The van der Waals surface area contributed by atoms with Crippen molar-refractivity contribution in [2.75, 3.05) is 18.0 Å². The van der Waals surface area contributed by atoms with Crippen molar-refractivity contribution in [2.45, 2.75) is 32.4 Å². The SMILES string of the molecule is S=c1[nH]nc(-c2cc(N3CCCC3)ccn2)n1CCCn1ccnc1. The summed E-state index contributed by atoms with van der Waals surface area (Å²) in [6.45, 7) is 3.91. The summed E-state index contributed by atoms with van der Waals surface area (Å²) < 4.78 is 4.73. The van der Waals surface area contributed by atoms with Gasteiger partial charge < -0.3 is 9.47 Å². The van der Waals surface area contributed by atoms with Gasteiger partial charge in [0, 0.05) is 50.5 Å². The smallest absolute Gasteiger partial charge is 0.195 e. The second kappa shape index (κ2) is 7.18. The van der Waals surface area contributed by atoms with E-state index in [0.29, 0.717) is 4.77 Å². The minimum atomic E-state index is 0.633. The van der Waals surface area contributed by atoms with Gasteiger partial charge in [0.2, 0.25) is 0 Å². The monoisotopic (exact) mass is 355 g/mol. The standard InChI is InChI=1S/C17H21N7S/c25-17-21-20-16(24(17)10-3-7-22-11-6-18-13-22)15-12-14(4-5-19-15)23-8-1-2-9-23/h4-6,11-13H,1-3,7-10H2,(H,21,25). The minimum Gasteiger partial charge on any atom is -0.371 e. The molecule has 0 amide bonds. The third kappa shape index (κ3) is 3.48. The van der Waals surface area contributed by atoms with Gasteiger partial charge in [-0.15, -0.1) is 0 Å². The Balaban J connectivity index is 1.54. The van der Waals surface area contributed by atoms with Gasteiger partial charge in [-0.2, -0.15) is 5.10 Å². The van der Waals surface area contributed by atoms with Crippen LogP contribution in [0.25, 0.3) is 11.5 Å². The molecule has 0 atom stereocenters. The van der Waals surface area contributed by atoms with Crippen LogP contribution in [0.15, 0.2) is 37.1 Å². The molecule has 4 heterocycles. The number of nitrogens with one attached hydrogen (secondary N) is 1. The van der Waals surface area contributed by atoms with Gasteiger partial charge >= 0.3 is 0 Å². The second-order valence-electron chi connectivity index (χ2n) is 6.25. The quantitative estimate of drug-likeness (QED) is 0.689. The molecule has 1 saturated heterocycles. The highest BCUT2D eigenvalue weighted by Gasteiger charge is 2.15. The van der Waals surface area contributed by atoms with Gasteiger partial charge in [0.05, 0.1) is 6.33 Å². The average molecular weight is 355 g/mol. The van der Waals surface area contributed by atoms with Crippen molar-refractivity contribution < 1.29 is 0 Å². The van der Waals surface area contributed by atoms with Gasteiger partial charge in [-0.05, 0) is 43.6 Å². The number of aromatic nitrogens is 6. The third-order valence-electron chi connectivity index (χ3n) is 4.56. The van der Waals surface area contributed by atoms with Gasteiger partial charge in [-0.1, -0.05) is 0 Å². The van der Waals surface area contributed by atoms with E-state index in [1.165, 1.54) is 18.5 Å². The molecule has 1 fully saturated rings. The highest BCUT2D eigenvalue weighted by molar-refractivity contribution is 7.71.